The number of aromatic nitrogens is 3. The molecule has 10 nitrogen and oxygen atoms in total. The number of carbonyl (C=O) groups is 1. The number of likely N-dealkylation sites (tertiary alicyclic amines) is 1. The number of nitrogens with zero attached hydrogens (tertiary/aromatic N) is 5. The molecule has 2 aromatic heterocycles. The van der Waals surface area contributed by atoms with Crippen LogP contribution in [-0.2, 0) is 25.8 Å². The normalized spacial score (nSPS) is 17.8. The molecule has 13 heteroatoms. The highest BCUT2D eigenvalue weighted by Gasteiger charge is 2.23. The molecule has 1 aromatic carbocycles. The highest BCUT2D eigenvalue weighted by Crippen LogP contribution is 2.31. The third kappa shape index (κ3) is 8.06. The van der Waals surface area contributed by atoms with Crippen LogP contribution in [0.5, 0.6) is 11.6 Å². The highest BCUT2D eigenvalue weighted by molar-refractivity contribution is 7.92. The van der Waals surface area contributed by atoms with Crippen molar-refractivity contribution in [3.63, 3.8) is 0 Å². The Morgan fingerprint density at radius 2 is 1.68 bits per heavy atom. The summed E-state index contributed by atoms with van der Waals surface area (Å²) in [5.74, 6) is 2.13. The molecule has 0 radical (unpaired) electrons. The molecule has 0 saturated carbocycles. The molecule has 3 aromatic rings. The molecule has 0 unspecified atom stereocenters. The summed E-state index contributed by atoms with van der Waals surface area (Å²) in [7, 11) is -1.07. The Morgan fingerprint density at radius 3 is 2.32 bits per heavy atom. The largest absolute Gasteiger partial charge is 0.469 e. The van der Waals surface area contributed by atoms with Gasteiger partial charge in [-0.25, -0.2) is 19.2 Å². The van der Waals surface area contributed by atoms with Gasteiger partial charge in [-0.15, -0.1) is 0 Å². The minimum absolute atomic E-state index is 0.157. The maximum absolute atomic E-state index is 12.0. The van der Waals surface area contributed by atoms with E-state index < -0.39 is 9.73 Å². The van der Waals surface area contributed by atoms with Crippen molar-refractivity contribution < 1.29 is 18.5 Å². The first kappa shape index (κ1) is 29.5. The van der Waals surface area contributed by atoms with Crippen LogP contribution in [0.1, 0.15) is 24.8 Å². The maximum Gasteiger partial charge on any atom is 0.305 e. The fourth-order valence-electron chi connectivity index (χ4n) is 5.05. The van der Waals surface area contributed by atoms with E-state index in [1.165, 1.54) is 7.11 Å². The number of methoxy groups -OCH3 is 1. The number of halogens is 2. The number of ether oxygens (including phenoxy) is 2. The Hall–Kier alpha value is -2.99. The van der Waals surface area contributed by atoms with Crippen LogP contribution >= 0.6 is 23.2 Å². The number of hydrogen-bond donors (Lipinski definition) is 1. The van der Waals surface area contributed by atoms with Gasteiger partial charge in [0.1, 0.15) is 0 Å². The Bertz CT molecular complexity index is 1460. The fourth-order valence-corrected chi connectivity index (χ4v) is 6.81. The summed E-state index contributed by atoms with van der Waals surface area (Å²) < 4.78 is 30.7. The molecule has 4 heterocycles. The summed E-state index contributed by atoms with van der Waals surface area (Å²) in [5.41, 5.74) is 2.46. The van der Waals surface area contributed by atoms with Crippen LogP contribution < -0.4 is 9.64 Å². The Labute approximate surface area is 250 Å². The van der Waals surface area contributed by atoms with Gasteiger partial charge in [0.2, 0.25) is 11.8 Å². The smallest absolute Gasteiger partial charge is 0.305 e. The first-order valence-electron chi connectivity index (χ1n) is 13.4. The molecule has 41 heavy (non-hydrogen) atoms. The summed E-state index contributed by atoms with van der Waals surface area (Å²) in [6.45, 7) is 3.41. The number of nitrogens with one attached hydrogen (secondary N) is 1. The monoisotopic (exact) mass is 618 g/mol. The topological polar surface area (TPSA) is 122 Å². The van der Waals surface area contributed by atoms with E-state index in [0.717, 1.165) is 37.1 Å². The predicted octanol–water partition coefficient (Wildman–Crippen LogP) is 5.28. The number of piperidine rings is 1. The van der Waals surface area contributed by atoms with Crippen molar-refractivity contribution in [3.05, 3.63) is 58.3 Å². The number of carbonyl (C=O) groups excluding carboxylic acids is 1. The molecule has 0 spiro atoms. The SMILES string of the molecule is COC(=O)CC1CCN(Cc2cc(Oc3cnc(N4CCS(=N)(=O)CC4)nc3)nc(-c3cc(Cl)cc(Cl)c3)c2)CC1. The zero-order valence-electron chi connectivity index (χ0n) is 22.7. The molecule has 0 bridgehead atoms. The van der Waals surface area contributed by atoms with E-state index in [-0.39, 0.29) is 5.97 Å². The lowest BCUT2D eigenvalue weighted by atomic mass is 9.93. The van der Waals surface area contributed by atoms with Crippen LogP contribution in [-0.4, -0.2) is 74.8 Å². The van der Waals surface area contributed by atoms with Gasteiger partial charge in [0.15, 0.2) is 5.75 Å². The molecule has 218 valence electrons. The van der Waals surface area contributed by atoms with Crippen molar-refractivity contribution in [2.45, 2.75) is 25.8 Å². The lowest BCUT2D eigenvalue weighted by Gasteiger charge is -2.31. The third-order valence-electron chi connectivity index (χ3n) is 7.32. The van der Waals surface area contributed by atoms with E-state index in [4.69, 9.17) is 42.4 Å². The summed E-state index contributed by atoms with van der Waals surface area (Å²) >= 11 is 12.6. The van der Waals surface area contributed by atoms with E-state index >= 15 is 0 Å². The molecule has 2 aliphatic rings. The van der Waals surface area contributed by atoms with Gasteiger partial charge < -0.3 is 14.4 Å². The van der Waals surface area contributed by atoms with E-state index in [0.29, 0.717) is 76.8 Å². The molecular weight excluding hydrogens is 587 g/mol. The second-order valence-corrected chi connectivity index (χ2v) is 13.7. The number of esters is 1. The Kier molecular flexibility index (Phi) is 9.28. The van der Waals surface area contributed by atoms with Crippen molar-refractivity contribution in [1.29, 1.82) is 4.78 Å². The van der Waals surface area contributed by atoms with E-state index in [1.807, 2.05) is 29.2 Å². The highest BCUT2D eigenvalue weighted by atomic mass is 35.5. The van der Waals surface area contributed by atoms with Gasteiger partial charge in [-0.1, -0.05) is 23.2 Å². The van der Waals surface area contributed by atoms with Crippen molar-refractivity contribution in [1.82, 2.24) is 19.9 Å². The molecule has 0 amide bonds. The Balaban J connectivity index is 1.33. The summed E-state index contributed by atoms with van der Waals surface area (Å²) in [6.07, 6.45) is 5.50. The molecule has 0 atom stereocenters. The van der Waals surface area contributed by atoms with Gasteiger partial charge in [0, 0.05) is 69.0 Å². The van der Waals surface area contributed by atoms with Crippen LogP contribution in [0, 0.1) is 10.7 Å². The molecule has 2 fully saturated rings. The number of hydrogen-bond acceptors (Lipinski definition) is 10. The van der Waals surface area contributed by atoms with Crippen LogP contribution in [0.25, 0.3) is 11.3 Å². The number of rotatable bonds is 8. The standard InChI is InChI=1S/C28H32Cl2N6O4S/c1-39-27(37)12-19-2-4-35(5-3-19)18-20-10-25(21-13-22(29)15-23(30)14-21)34-26(11-20)40-24-16-32-28(33-17-24)36-6-8-41(31,38)9-7-36/h10-11,13-17,19,31H,2-9,12,18H2,1H3. The van der Waals surface area contributed by atoms with Crippen LogP contribution in [0.2, 0.25) is 10.0 Å². The molecule has 0 aliphatic carbocycles. The van der Waals surface area contributed by atoms with Crippen LogP contribution in [0.3, 0.4) is 0 Å². The average Bonchev–Trinajstić information content (AvgIpc) is 2.94. The van der Waals surface area contributed by atoms with Crippen molar-refractivity contribution in [2.24, 2.45) is 5.92 Å². The summed E-state index contributed by atoms with van der Waals surface area (Å²) in [4.78, 5) is 29.6. The average molecular weight is 620 g/mol. The number of anilines is 1. The second-order valence-electron chi connectivity index (χ2n) is 10.4. The molecule has 2 saturated heterocycles. The summed E-state index contributed by atoms with van der Waals surface area (Å²) in [5, 5.41) is 1.02. The quantitative estimate of drug-likeness (QED) is 0.336. The van der Waals surface area contributed by atoms with E-state index in [1.54, 1.807) is 18.5 Å². The number of pyridine rings is 1. The van der Waals surface area contributed by atoms with Gasteiger partial charge in [-0.2, -0.15) is 0 Å². The van der Waals surface area contributed by atoms with Gasteiger partial charge in [0.05, 0.1) is 25.2 Å². The van der Waals surface area contributed by atoms with Crippen molar-refractivity contribution in [2.75, 3.05) is 49.7 Å². The zero-order valence-corrected chi connectivity index (χ0v) is 25.1. The minimum Gasteiger partial charge on any atom is -0.469 e. The Morgan fingerprint density at radius 1 is 1.02 bits per heavy atom. The first-order valence-corrected chi connectivity index (χ1v) is 16.1. The molecule has 2 aliphatic heterocycles. The lowest BCUT2D eigenvalue weighted by molar-refractivity contribution is -0.142. The van der Waals surface area contributed by atoms with Gasteiger partial charge in [0.25, 0.3) is 0 Å². The maximum atomic E-state index is 12.0. The van der Waals surface area contributed by atoms with Crippen LogP contribution in [0.4, 0.5) is 5.95 Å². The van der Waals surface area contributed by atoms with Gasteiger partial charge in [-0.3, -0.25) is 14.5 Å². The third-order valence-corrected chi connectivity index (χ3v) is 9.44. The minimum atomic E-state index is -2.50. The zero-order chi connectivity index (χ0) is 29.0. The van der Waals surface area contributed by atoms with E-state index in [9.17, 15) is 9.00 Å². The van der Waals surface area contributed by atoms with Gasteiger partial charge in [-0.05, 0) is 61.7 Å². The van der Waals surface area contributed by atoms with E-state index in [2.05, 4.69) is 14.9 Å². The molecular formula is C28H32Cl2N6O4S. The first-order chi connectivity index (χ1) is 19.7. The fraction of sp³-hybridized carbons (Fsp3) is 0.429. The van der Waals surface area contributed by atoms with Crippen molar-refractivity contribution in [3.8, 4) is 22.9 Å². The predicted molar refractivity (Wildman–Crippen MR) is 159 cm³/mol. The lowest BCUT2D eigenvalue weighted by Crippen LogP contribution is -2.40. The summed E-state index contributed by atoms with van der Waals surface area (Å²) in [6, 6.07) is 9.21. The van der Waals surface area contributed by atoms with Gasteiger partial charge >= 0.3 is 5.97 Å². The second kappa shape index (κ2) is 12.9. The number of benzene rings is 1. The van der Waals surface area contributed by atoms with Crippen LogP contribution in [0.15, 0.2) is 42.7 Å². The molecule has 5 rings (SSSR count). The molecule has 1 N–H and O–H groups in total. The van der Waals surface area contributed by atoms with Crippen molar-refractivity contribution >= 4 is 44.8 Å².